The Balaban J connectivity index is 1.56. The number of anilines is 2. The number of pyridine rings is 1. The maximum absolute atomic E-state index is 13.4. The van der Waals surface area contributed by atoms with E-state index in [1.807, 2.05) is 0 Å². The van der Waals surface area contributed by atoms with Gasteiger partial charge in [-0.25, -0.2) is 18.1 Å². The van der Waals surface area contributed by atoms with Gasteiger partial charge < -0.3 is 4.90 Å². The second-order valence-electron chi connectivity index (χ2n) is 8.99. The number of benzene rings is 2. The number of carbonyl (C=O) groups is 3. The maximum atomic E-state index is 13.4. The summed E-state index contributed by atoms with van der Waals surface area (Å²) in [7, 11) is -5.59. The van der Waals surface area contributed by atoms with Crippen molar-refractivity contribution in [2.24, 2.45) is 0 Å². The number of hydrogen-bond donors (Lipinski definition) is 2. The van der Waals surface area contributed by atoms with Crippen LogP contribution in [0.3, 0.4) is 0 Å². The van der Waals surface area contributed by atoms with Crippen LogP contribution in [0.1, 0.15) is 29.8 Å². The van der Waals surface area contributed by atoms with Gasteiger partial charge >= 0.3 is 11.5 Å². The van der Waals surface area contributed by atoms with Gasteiger partial charge in [0.1, 0.15) is 5.54 Å². The van der Waals surface area contributed by atoms with Crippen LogP contribution in [0.5, 0.6) is 0 Å². The van der Waals surface area contributed by atoms with Crippen molar-refractivity contribution in [2.45, 2.75) is 36.3 Å². The number of hydrogen-bond acceptors (Lipinski definition) is 7. The van der Waals surface area contributed by atoms with Crippen molar-refractivity contribution in [1.82, 2.24) is 15.3 Å². The van der Waals surface area contributed by atoms with Crippen LogP contribution in [0, 0.1) is 0 Å². The quantitative estimate of drug-likeness (QED) is 0.331. The van der Waals surface area contributed by atoms with Crippen molar-refractivity contribution in [3.8, 4) is 0 Å². The van der Waals surface area contributed by atoms with Gasteiger partial charge in [0.25, 0.3) is 21.7 Å². The Kier molecular flexibility index (Phi) is 7.08. The number of amides is 4. The minimum absolute atomic E-state index is 0.0927. The summed E-state index contributed by atoms with van der Waals surface area (Å²) >= 11 is 0. The first kappa shape index (κ1) is 27.6. The van der Waals surface area contributed by atoms with Gasteiger partial charge in [-0.2, -0.15) is 13.2 Å². The van der Waals surface area contributed by atoms with Crippen LogP contribution in [-0.4, -0.2) is 47.2 Å². The van der Waals surface area contributed by atoms with Crippen LogP contribution in [0.25, 0.3) is 0 Å². The maximum Gasteiger partial charge on any atom is 0.501 e. The Morgan fingerprint density at radius 2 is 1.64 bits per heavy atom. The first-order chi connectivity index (χ1) is 18.2. The van der Waals surface area contributed by atoms with E-state index in [0.29, 0.717) is 28.9 Å². The molecule has 4 rings (SSSR count). The van der Waals surface area contributed by atoms with E-state index in [1.165, 1.54) is 31.1 Å². The van der Waals surface area contributed by atoms with Gasteiger partial charge in [-0.05, 0) is 61.9 Å². The molecular weight excluding hydrogens is 539 g/mol. The van der Waals surface area contributed by atoms with Crippen LogP contribution < -0.4 is 15.8 Å². The molecule has 0 atom stereocenters. The van der Waals surface area contributed by atoms with E-state index in [2.05, 4.69) is 15.8 Å². The molecule has 2 heterocycles. The molecular formula is C25H22F3N5O5S. The molecule has 10 nitrogen and oxygen atoms in total. The molecule has 1 aliphatic heterocycles. The van der Waals surface area contributed by atoms with E-state index < -0.39 is 43.6 Å². The van der Waals surface area contributed by atoms with E-state index in [9.17, 15) is 36.0 Å². The van der Waals surface area contributed by atoms with Gasteiger partial charge in [0.2, 0.25) is 0 Å². The first-order valence-corrected chi connectivity index (χ1v) is 12.9. The molecule has 2 N–H and O–H groups in total. The molecule has 0 saturated carbocycles. The minimum atomic E-state index is -5.59. The van der Waals surface area contributed by atoms with Crippen molar-refractivity contribution in [3.63, 3.8) is 0 Å². The van der Waals surface area contributed by atoms with E-state index in [0.717, 1.165) is 17.0 Å². The normalized spacial score (nSPS) is 15.4. The predicted octanol–water partition coefficient (Wildman–Crippen LogP) is 3.88. The third kappa shape index (κ3) is 5.14. The number of nitrogens with zero attached hydrogens (tertiary/aromatic N) is 3. The van der Waals surface area contributed by atoms with Crippen LogP contribution in [-0.2, 0) is 21.2 Å². The molecule has 1 aliphatic rings. The lowest BCUT2D eigenvalue weighted by Crippen LogP contribution is -2.44. The molecule has 1 aromatic heterocycles. The number of alkyl halides is 3. The minimum Gasteiger partial charge on any atom is -0.305 e. The Bertz CT molecular complexity index is 1530. The van der Waals surface area contributed by atoms with Crippen LogP contribution in [0.2, 0.25) is 0 Å². The van der Waals surface area contributed by atoms with Crippen LogP contribution >= 0.6 is 0 Å². The fourth-order valence-corrected chi connectivity index (χ4v) is 4.63. The number of hydrazine groups is 1. The summed E-state index contributed by atoms with van der Waals surface area (Å²) in [6.07, 6.45) is 2.89. The Hall–Kier alpha value is -4.46. The average Bonchev–Trinajstić information content (AvgIpc) is 3.07. The molecule has 1 saturated heterocycles. The highest BCUT2D eigenvalue weighted by atomic mass is 32.2. The van der Waals surface area contributed by atoms with E-state index >= 15 is 0 Å². The summed E-state index contributed by atoms with van der Waals surface area (Å²) in [6.45, 7) is 2.91. The van der Waals surface area contributed by atoms with Crippen molar-refractivity contribution < 1.29 is 36.0 Å². The molecule has 2 aromatic carbocycles. The molecule has 0 spiro atoms. The van der Waals surface area contributed by atoms with E-state index in [1.54, 1.807) is 36.4 Å². The number of carbonyl (C=O) groups excluding carboxylic acids is 3. The fraction of sp³-hybridized carbons (Fsp3) is 0.200. The van der Waals surface area contributed by atoms with E-state index in [4.69, 9.17) is 0 Å². The highest BCUT2D eigenvalue weighted by molar-refractivity contribution is 7.92. The number of aromatic nitrogens is 1. The SMILES string of the molecule is CC1(C)C(=O)N(c2ccc(S(=O)(=O)C(F)(F)F)cc2)C(=O)N1Cc1ccncc1NNC(=O)c1ccccc1. The van der Waals surface area contributed by atoms with Crippen molar-refractivity contribution >= 4 is 39.1 Å². The molecule has 0 aliphatic carbocycles. The third-order valence-corrected chi connectivity index (χ3v) is 7.62. The Morgan fingerprint density at radius 3 is 2.26 bits per heavy atom. The number of nitrogens with one attached hydrogen (secondary N) is 2. The summed E-state index contributed by atoms with van der Waals surface area (Å²) < 4.78 is 62.0. The van der Waals surface area contributed by atoms with Crippen molar-refractivity contribution in [3.05, 3.63) is 84.2 Å². The van der Waals surface area contributed by atoms with E-state index in [-0.39, 0.29) is 12.2 Å². The van der Waals surface area contributed by atoms with Gasteiger partial charge in [-0.3, -0.25) is 25.4 Å². The largest absolute Gasteiger partial charge is 0.501 e. The van der Waals surface area contributed by atoms with Crippen LogP contribution in [0.4, 0.5) is 29.3 Å². The second kappa shape index (κ2) is 10.0. The summed E-state index contributed by atoms with van der Waals surface area (Å²) in [5.74, 6) is -1.08. The Morgan fingerprint density at radius 1 is 1.00 bits per heavy atom. The molecule has 3 aromatic rings. The number of halogens is 3. The summed E-state index contributed by atoms with van der Waals surface area (Å²) in [5, 5.41) is 0. The number of urea groups is 1. The monoisotopic (exact) mass is 561 g/mol. The number of rotatable bonds is 7. The lowest BCUT2D eigenvalue weighted by atomic mass is 10.0. The summed E-state index contributed by atoms with van der Waals surface area (Å²) in [5.41, 5.74) is -0.386. The zero-order valence-corrected chi connectivity index (χ0v) is 21.4. The second-order valence-corrected chi connectivity index (χ2v) is 10.9. The first-order valence-electron chi connectivity index (χ1n) is 11.4. The Labute approximate surface area is 221 Å². The standard InChI is InChI=1S/C25H22F3N5O5S/c1-24(2)22(35)33(18-8-10-19(11-9-18)39(37,38)25(26,27)28)23(36)32(24)15-17-12-13-29-14-20(17)30-31-21(34)16-6-4-3-5-7-16/h3-14,30H,15H2,1-2H3,(H,31,34). The topological polar surface area (TPSA) is 129 Å². The average molecular weight is 562 g/mol. The smallest absolute Gasteiger partial charge is 0.305 e. The molecule has 1 fully saturated rings. The number of sulfone groups is 1. The summed E-state index contributed by atoms with van der Waals surface area (Å²) in [6, 6.07) is 12.5. The molecule has 0 radical (unpaired) electrons. The molecule has 204 valence electrons. The van der Waals surface area contributed by atoms with Crippen molar-refractivity contribution in [1.29, 1.82) is 0 Å². The molecule has 4 amide bonds. The van der Waals surface area contributed by atoms with Crippen molar-refractivity contribution in [2.75, 3.05) is 10.3 Å². The van der Waals surface area contributed by atoms with Crippen LogP contribution in [0.15, 0.2) is 78.0 Å². The molecule has 0 unspecified atom stereocenters. The molecule has 0 bridgehead atoms. The lowest BCUT2D eigenvalue weighted by Gasteiger charge is -2.28. The molecule has 14 heteroatoms. The molecule has 39 heavy (non-hydrogen) atoms. The summed E-state index contributed by atoms with van der Waals surface area (Å²) in [4.78, 5) is 44.0. The zero-order chi connectivity index (χ0) is 28.6. The highest BCUT2D eigenvalue weighted by Gasteiger charge is 2.52. The third-order valence-electron chi connectivity index (χ3n) is 6.12. The zero-order valence-electron chi connectivity index (χ0n) is 20.6. The number of imide groups is 1. The predicted molar refractivity (Wildman–Crippen MR) is 134 cm³/mol. The fourth-order valence-electron chi connectivity index (χ4n) is 3.87. The highest BCUT2D eigenvalue weighted by Crippen LogP contribution is 2.36. The van der Waals surface area contributed by atoms with Gasteiger partial charge in [-0.1, -0.05) is 18.2 Å². The van der Waals surface area contributed by atoms with Gasteiger partial charge in [0.05, 0.1) is 29.0 Å². The lowest BCUT2D eigenvalue weighted by molar-refractivity contribution is -0.123. The van der Waals surface area contributed by atoms with Gasteiger partial charge in [0, 0.05) is 11.8 Å². The van der Waals surface area contributed by atoms with Gasteiger partial charge in [-0.15, -0.1) is 0 Å². The van der Waals surface area contributed by atoms with Gasteiger partial charge in [0.15, 0.2) is 0 Å².